The number of hydrogen-bond acceptors (Lipinski definition) is 2. The second kappa shape index (κ2) is 3.98. The van der Waals surface area contributed by atoms with Crippen LogP contribution >= 0.6 is 12.2 Å². The Hall–Kier alpha value is -1.42. The molecule has 1 aliphatic heterocycles. The van der Waals surface area contributed by atoms with Crippen LogP contribution in [0.25, 0.3) is 0 Å². The van der Waals surface area contributed by atoms with Gasteiger partial charge in [0.1, 0.15) is 6.04 Å². The second-order valence-corrected chi connectivity index (χ2v) is 4.12. The van der Waals surface area contributed by atoms with Crippen molar-refractivity contribution in [2.45, 2.75) is 19.4 Å². The number of aryl methyl sites for hydroxylation is 1. The topological polar surface area (TPSA) is 41.1 Å². The quantitative estimate of drug-likeness (QED) is 0.728. The lowest BCUT2D eigenvalue weighted by atomic mass is 10.0. The Balaban J connectivity index is 2.09. The van der Waals surface area contributed by atoms with E-state index in [4.69, 9.17) is 12.2 Å². The highest BCUT2D eigenvalue weighted by atomic mass is 32.1. The molecule has 0 spiro atoms. The van der Waals surface area contributed by atoms with Crippen LogP contribution in [0, 0.1) is 6.92 Å². The van der Waals surface area contributed by atoms with E-state index >= 15 is 0 Å². The van der Waals surface area contributed by atoms with Gasteiger partial charge in [-0.05, 0) is 24.7 Å². The molecule has 15 heavy (non-hydrogen) atoms. The summed E-state index contributed by atoms with van der Waals surface area (Å²) in [5.74, 6) is -0.0403. The summed E-state index contributed by atoms with van der Waals surface area (Å²) in [6.07, 6.45) is 0.674. The molecule has 0 bridgehead atoms. The summed E-state index contributed by atoms with van der Waals surface area (Å²) in [4.78, 5) is 11.4. The van der Waals surface area contributed by atoms with Gasteiger partial charge in [0.25, 0.3) is 0 Å². The van der Waals surface area contributed by atoms with E-state index < -0.39 is 0 Å². The Morgan fingerprint density at radius 1 is 1.47 bits per heavy atom. The largest absolute Gasteiger partial charge is 0.350 e. The molecule has 1 atom stereocenters. The number of amides is 1. The van der Waals surface area contributed by atoms with Gasteiger partial charge in [0.05, 0.1) is 0 Å². The van der Waals surface area contributed by atoms with Gasteiger partial charge in [0.15, 0.2) is 5.11 Å². The van der Waals surface area contributed by atoms with E-state index in [1.54, 1.807) is 0 Å². The van der Waals surface area contributed by atoms with Gasteiger partial charge >= 0.3 is 0 Å². The maximum atomic E-state index is 11.4. The van der Waals surface area contributed by atoms with Gasteiger partial charge in [-0.15, -0.1) is 0 Å². The van der Waals surface area contributed by atoms with Gasteiger partial charge in [-0.2, -0.15) is 0 Å². The zero-order valence-electron chi connectivity index (χ0n) is 8.41. The molecule has 1 aliphatic rings. The highest BCUT2D eigenvalue weighted by molar-refractivity contribution is 7.80. The molecule has 1 aromatic rings. The van der Waals surface area contributed by atoms with E-state index in [0.29, 0.717) is 11.5 Å². The molecule has 1 amide bonds. The van der Waals surface area contributed by atoms with Gasteiger partial charge < -0.3 is 10.6 Å². The fourth-order valence-electron chi connectivity index (χ4n) is 1.68. The van der Waals surface area contributed by atoms with Gasteiger partial charge in [-0.1, -0.05) is 29.8 Å². The van der Waals surface area contributed by atoms with Crippen LogP contribution in [0.4, 0.5) is 0 Å². The van der Waals surface area contributed by atoms with Crippen molar-refractivity contribution in [3.63, 3.8) is 0 Å². The Labute approximate surface area is 93.9 Å². The van der Waals surface area contributed by atoms with E-state index in [9.17, 15) is 4.79 Å². The van der Waals surface area contributed by atoms with Crippen molar-refractivity contribution in [1.29, 1.82) is 0 Å². The second-order valence-electron chi connectivity index (χ2n) is 3.71. The van der Waals surface area contributed by atoms with Gasteiger partial charge in [-0.25, -0.2) is 0 Å². The van der Waals surface area contributed by atoms with Crippen molar-refractivity contribution < 1.29 is 4.79 Å². The summed E-state index contributed by atoms with van der Waals surface area (Å²) in [6.45, 7) is 2.04. The maximum absolute atomic E-state index is 11.4. The van der Waals surface area contributed by atoms with Crippen LogP contribution < -0.4 is 10.6 Å². The zero-order valence-corrected chi connectivity index (χ0v) is 9.23. The molecule has 1 saturated heterocycles. The molecule has 0 saturated carbocycles. The Morgan fingerprint density at radius 2 is 2.27 bits per heavy atom. The fourth-order valence-corrected chi connectivity index (χ4v) is 1.92. The van der Waals surface area contributed by atoms with Crippen LogP contribution in [0.5, 0.6) is 0 Å². The predicted octanol–water partition coefficient (Wildman–Crippen LogP) is 0.910. The smallest absolute Gasteiger partial charge is 0.249 e. The van der Waals surface area contributed by atoms with Crippen LogP contribution in [0.1, 0.15) is 11.1 Å². The molecule has 2 N–H and O–H groups in total. The Kier molecular flexibility index (Phi) is 2.68. The van der Waals surface area contributed by atoms with Crippen LogP contribution in [0.3, 0.4) is 0 Å². The molecule has 1 unspecified atom stereocenters. The molecule has 78 valence electrons. The maximum Gasteiger partial charge on any atom is 0.249 e. The minimum Gasteiger partial charge on any atom is -0.350 e. The number of carbonyl (C=O) groups is 1. The van der Waals surface area contributed by atoms with Crippen molar-refractivity contribution in [3.05, 3.63) is 35.4 Å². The first-order valence-corrected chi connectivity index (χ1v) is 5.23. The summed E-state index contributed by atoms with van der Waals surface area (Å²) >= 11 is 4.87. The number of nitrogens with one attached hydrogen (secondary N) is 2. The van der Waals surface area contributed by atoms with Crippen molar-refractivity contribution in [1.82, 2.24) is 10.6 Å². The molecular formula is C11H12N2OS. The molecular weight excluding hydrogens is 208 g/mol. The van der Waals surface area contributed by atoms with Crippen LogP contribution in [0.15, 0.2) is 24.3 Å². The van der Waals surface area contributed by atoms with Crippen LogP contribution in [-0.4, -0.2) is 17.1 Å². The summed E-state index contributed by atoms with van der Waals surface area (Å²) in [7, 11) is 0. The number of rotatable bonds is 2. The summed E-state index contributed by atoms with van der Waals surface area (Å²) in [5.41, 5.74) is 2.35. The van der Waals surface area contributed by atoms with E-state index in [0.717, 1.165) is 5.56 Å². The SMILES string of the molecule is Cc1cccc(CC2NC(=S)NC2=O)c1. The lowest BCUT2D eigenvalue weighted by molar-refractivity contribution is -0.120. The lowest BCUT2D eigenvalue weighted by Crippen LogP contribution is -2.31. The van der Waals surface area contributed by atoms with Crippen LogP contribution in [-0.2, 0) is 11.2 Å². The average Bonchev–Trinajstić information content (AvgIpc) is 2.45. The normalized spacial score (nSPS) is 19.9. The summed E-state index contributed by atoms with van der Waals surface area (Å²) in [5, 5.41) is 5.95. The molecule has 1 fully saturated rings. The minimum absolute atomic E-state index is 0.0403. The fraction of sp³-hybridized carbons (Fsp3) is 0.273. The van der Waals surface area contributed by atoms with Crippen molar-refractivity contribution in [3.8, 4) is 0 Å². The third kappa shape index (κ3) is 2.33. The molecule has 0 radical (unpaired) electrons. The first kappa shape index (κ1) is 10.1. The highest BCUT2D eigenvalue weighted by Crippen LogP contribution is 2.08. The van der Waals surface area contributed by atoms with E-state index in [1.165, 1.54) is 5.56 Å². The minimum atomic E-state index is -0.223. The predicted molar refractivity (Wildman–Crippen MR) is 62.5 cm³/mol. The first-order chi connectivity index (χ1) is 7.15. The summed E-state index contributed by atoms with van der Waals surface area (Å²) in [6, 6.07) is 7.91. The third-order valence-electron chi connectivity index (χ3n) is 2.38. The molecule has 4 heteroatoms. The molecule has 0 aliphatic carbocycles. The van der Waals surface area contributed by atoms with Crippen LogP contribution in [0.2, 0.25) is 0 Å². The highest BCUT2D eigenvalue weighted by Gasteiger charge is 2.26. The number of benzene rings is 1. The summed E-state index contributed by atoms with van der Waals surface area (Å²) < 4.78 is 0. The van der Waals surface area contributed by atoms with E-state index in [-0.39, 0.29) is 11.9 Å². The molecule has 3 nitrogen and oxygen atoms in total. The van der Waals surface area contributed by atoms with Gasteiger partial charge in [0, 0.05) is 6.42 Å². The van der Waals surface area contributed by atoms with Crippen molar-refractivity contribution >= 4 is 23.2 Å². The number of thiocarbonyl (C=S) groups is 1. The Bertz CT molecular complexity index is 417. The third-order valence-corrected chi connectivity index (χ3v) is 2.60. The van der Waals surface area contributed by atoms with Crippen molar-refractivity contribution in [2.75, 3.05) is 0 Å². The monoisotopic (exact) mass is 220 g/mol. The molecule has 1 aromatic carbocycles. The lowest BCUT2D eigenvalue weighted by Gasteiger charge is -2.07. The molecule has 0 aromatic heterocycles. The number of carbonyl (C=O) groups excluding carboxylic acids is 1. The zero-order chi connectivity index (χ0) is 10.8. The van der Waals surface area contributed by atoms with Crippen molar-refractivity contribution in [2.24, 2.45) is 0 Å². The van der Waals surface area contributed by atoms with Gasteiger partial charge in [0.2, 0.25) is 5.91 Å². The first-order valence-electron chi connectivity index (χ1n) is 4.82. The average molecular weight is 220 g/mol. The molecule has 2 rings (SSSR count). The van der Waals surface area contributed by atoms with E-state index in [2.05, 4.69) is 16.7 Å². The number of hydrogen-bond donors (Lipinski definition) is 2. The van der Waals surface area contributed by atoms with Gasteiger partial charge in [-0.3, -0.25) is 4.79 Å². The van der Waals surface area contributed by atoms with E-state index in [1.807, 2.05) is 25.1 Å². The Morgan fingerprint density at radius 3 is 2.87 bits per heavy atom. The standard InChI is InChI=1S/C11H12N2OS/c1-7-3-2-4-8(5-7)6-9-10(14)13-11(15)12-9/h2-5,9H,6H2,1H3,(H2,12,13,14,15). The molecule has 1 heterocycles.